The van der Waals surface area contributed by atoms with E-state index in [1.165, 1.54) is 16.7 Å². The van der Waals surface area contributed by atoms with E-state index in [1.54, 1.807) is 0 Å². The second-order valence-electron chi connectivity index (χ2n) is 4.09. The van der Waals surface area contributed by atoms with E-state index < -0.39 is 0 Å². The molecule has 100 valence electrons. The zero-order chi connectivity index (χ0) is 13.8. The Labute approximate surface area is 113 Å². The van der Waals surface area contributed by atoms with Gasteiger partial charge in [-0.3, -0.25) is 0 Å². The van der Waals surface area contributed by atoms with Gasteiger partial charge < -0.3 is 0 Å². The van der Waals surface area contributed by atoms with Gasteiger partial charge in [0.25, 0.3) is 0 Å². The Morgan fingerprint density at radius 1 is 0.944 bits per heavy atom. The van der Waals surface area contributed by atoms with Crippen molar-refractivity contribution in [2.45, 2.75) is 53.9 Å². The maximum Gasteiger partial charge on any atom is -0.00947 e. The van der Waals surface area contributed by atoms with Crippen molar-refractivity contribution < 1.29 is 0 Å². The lowest BCUT2D eigenvalue weighted by Crippen LogP contribution is -1.84. The van der Waals surface area contributed by atoms with Crippen LogP contribution in [-0.2, 0) is 0 Å². The molecule has 1 aromatic rings. The fourth-order valence-corrected chi connectivity index (χ4v) is 1.71. The highest BCUT2D eigenvalue weighted by molar-refractivity contribution is 5.66. The summed E-state index contributed by atoms with van der Waals surface area (Å²) in [6.45, 7) is 10.5. The van der Waals surface area contributed by atoms with Gasteiger partial charge in [0.2, 0.25) is 0 Å². The lowest BCUT2D eigenvalue weighted by molar-refractivity contribution is 1.18. The Morgan fingerprint density at radius 2 is 1.56 bits per heavy atom. The molecule has 0 aromatic heterocycles. The predicted molar refractivity (Wildman–Crippen MR) is 84.8 cm³/mol. The summed E-state index contributed by atoms with van der Waals surface area (Å²) in [7, 11) is 0. The number of hydrogen-bond acceptors (Lipinski definition) is 0. The van der Waals surface area contributed by atoms with Crippen molar-refractivity contribution in [1.82, 2.24) is 0 Å². The van der Waals surface area contributed by atoms with E-state index in [0.717, 1.165) is 19.3 Å². The molecule has 0 heterocycles. The quantitative estimate of drug-likeness (QED) is 0.543. The molecule has 0 radical (unpaired) electrons. The van der Waals surface area contributed by atoms with Crippen molar-refractivity contribution in [2.75, 3.05) is 0 Å². The Hall–Kier alpha value is -1.30. The van der Waals surface area contributed by atoms with Crippen LogP contribution >= 0.6 is 0 Å². The summed E-state index contributed by atoms with van der Waals surface area (Å²) in [5, 5.41) is 0. The molecule has 0 saturated carbocycles. The molecule has 0 spiro atoms. The van der Waals surface area contributed by atoms with E-state index in [-0.39, 0.29) is 0 Å². The van der Waals surface area contributed by atoms with Crippen LogP contribution in [0, 0.1) is 6.92 Å². The van der Waals surface area contributed by atoms with Gasteiger partial charge in [0.05, 0.1) is 0 Å². The molecule has 0 amide bonds. The molecule has 0 nitrogen and oxygen atoms in total. The third kappa shape index (κ3) is 6.44. The number of rotatable bonds is 5. The highest BCUT2D eigenvalue weighted by Gasteiger charge is 1.98. The largest absolute Gasteiger partial charge is 0.0885 e. The smallest absolute Gasteiger partial charge is 0.00947 e. The molecule has 0 saturated heterocycles. The molecule has 0 atom stereocenters. The second kappa shape index (κ2) is 10.8. The van der Waals surface area contributed by atoms with Gasteiger partial charge in [-0.05, 0) is 37.3 Å². The zero-order valence-electron chi connectivity index (χ0n) is 12.7. The molecule has 0 aliphatic carbocycles. The summed E-state index contributed by atoms with van der Waals surface area (Å²) < 4.78 is 0. The van der Waals surface area contributed by atoms with E-state index in [4.69, 9.17) is 0 Å². The van der Waals surface area contributed by atoms with Gasteiger partial charge in [-0.2, -0.15) is 0 Å². The third-order valence-corrected chi connectivity index (χ3v) is 2.61. The molecule has 1 aromatic carbocycles. The summed E-state index contributed by atoms with van der Waals surface area (Å²) in [4.78, 5) is 0. The molecule has 0 heteroatoms. The fourth-order valence-electron chi connectivity index (χ4n) is 1.71. The van der Waals surface area contributed by atoms with Crippen molar-refractivity contribution >= 4 is 5.57 Å². The minimum absolute atomic E-state index is 1.05. The van der Waals surface area contributed by atoms with Crippen molar-refractivity contribution in [1.29, 1.82) is 0 Å². The van der Waals surface area contributed by atoms with Gasteiger partial charge in [0.15, 0.2) is 0 Å². The van der Waals surface area contributed by atoms with Crippen LogP contribution in [0.5, 0.6) is 0 Å². The molecule has 18 heavy (non-hydrogen) atoms. The Kier molecular flexibility index (Phi) is 10.0. The van der Waals surface area contributed by atoms with Gasteiger partial charge in [-0.15, -0.1) is 0 Å². The summed E-state index contributed by atoms with van der Waals surface area (Å²) in [5.41, 5.74) is 4.11. The highest BCUT2D eigenvalue weighted by atomic mass is 14.0. The first-order chi connectivity index (χ1) is 8.77. The molecule has 0 fully saturated rings. The highest BCUT2D eigenvalue weighted by Crippen LogP contribution is 2.20. The molecular weight excluding hydrogens is 216 g/mol. The molecule has 0 aliphatic rings. The van der Waals surface area contributed by atoms with Crippen LogP contribution < -0.4 is 0 Å². The topological polar surface area (TPSA) is 0 Å². The van der Waals surface area contributed by atoms with E-state index in [0.29, 0.717) is 0 Å². The Balaban J connectivity index is 0.00000137. The minimum Gasteiger partial charge on any atom is -0.0885 e. The van der Waals surface area contributed by atoms with Crippen LogP contribution in [0.25, 0.3) is 5.57 Å². The first-order valence-corrected chi connectivity index (χ1v) is 7.19. The summed E-state index contributed by atoms with van der Waals surface area (Å²) in [6, 6.07) is 8.80. The van der Waals surface area contributed by atoms with Crippen LogP contribution in [0.2, 0.25) is 0 Å². The second-order valence-corrected chi connectivity index (χ2v) is 4.09. The van der Waals surface area contributed by atoms with E-state index in [2.05, 4.69) is 63.3 Å². The average Bonchev–Trinajstić information content (AvgIpc) is 2.41. The molecular formula is C18H28. The van der Waals surface area contributed by atoms with Gasteiger partial charge in [0, 0.05) is 0 Å². The van der Waals surface area contributed by atoms with Gasteiger partial charge in [0.1, 0.15) is 0 Å². The summed E-state index contributed by atoms with van der Waals surface area (Å²) in [6.07, 6.45) is 10.1. The van der Waals surface area contributed by atoms with Crippen LogP contribution in [0.4, 0.5) is 0 Å². The van der Waals surface area contributed by atoms with Crippen LogP contribution in [0.3, 0.4) is 0 Å². The maximum atomic E-state index is 2.32. The maximum absolute atomic E-state index is 2.32. The van der Waals surface area contributed by atoms with Crippen molar-refractivity contribution in [3.8, 4) is 0 Å². The van der Waals surface area contributed by atoms with E-state index in [1.807, 2.05) is 13.8 Å². The third-order valence-electron chi connectivity index (χ3n) is 2.61. The lowest BCUT2D eigenvalue weighted by atomic mass is 10.0. The van der Waals surface area contributed by atoms with E-state index >= 15 is 0 Å². The van der Waals surface area contributed by atoms with Crippen LogP contribution in [0.1, 0.15) is 58.1 Å². The SMILES string of the molecule is CC.CC/C=C\C/C(=C\CC)c1ccc(C)cc1. The monoisotopic (exact) mass is 244 g/mol. The van der Waals surface area contributed by atoms with Gasteiger partial charge in [-0.25, -0.2) is 0 Å². The Morgan fingerprint density at radius 3 is 2.06 bits per heavy atom. The molecule has 0 unspecified atom stereocenters. The summed E-state index contributed by atoms with van der Waals surface area (Å²) in [5.74, 6) is 0. The first-order valence-electron chi connectivity index (χ1n) is 7.19. The summed E-state index contributed by atoms with van der Waals surface area (Å²) >= 11 is 0. The van der Waals surface area contributed by atoms with Crippen molar-refractivity contribution in [3.63, 3.8) is 0 Å². The molecule has 0 N–H and O–H groups in total. The standard InChI is InChI=1S/C16H22.C2H6/c1-4-6-7-9-15(8-5-2)16-12-10-14(3)11-13-16;1-2/h6-8,10-13H,4-5,9H2,1-3H3;1-2H3/b7-6-,15-8+;. The molecule has 0 bridgehead atoms. The zero-order valence-corrected chi connectivity index (χ0v) is 12.7. The van der Waals surface area contributed by atoms with Gasteiger partial charge >= 0.3 is 0 Å². The predicted octanol–water partition coefficient (Wildman–Crippen LogP) is 6.17. The van der Waals surface area contributed by atoms with Gasteiger partial charge in [-0.1, -0.05) is 75.8 Å². The fraction of sp³-hybridized carbons (Fsp3) is 0.444. The molecule has 0 aliphatic heterocycles. The average molecular weight is 244 g/mol. The Bertz CT molecular complexity index is 352. The van der Waals surface area contributed by atoms with Crippen LogP contribution in [-0.4, -0.2) is 0 Å². The van der Waals surface area contributed by atoms with Crippen molar-refractivity contribution in [3.05, 3.63) is 53.6 Å². The van der Waals surface area contributed by atoms with Crippen LogP contribution in [0.15, 0.2) is 42.5 Å². The lowest BCUT2D eigenvalue weighted by Gasteiger charge is -2.05. The number of hydrogen-bond donors (Lipinski definition) is 0. The number of aryl methyl sites for hydroxylation is 1. The number of allylic oxidation sites excluding steroid dienone is 4. The minimum atomic E-state index is 1.05. The van der Waals surface area contributed by atoms with E-state index in [9.17, 15) is 0 Å². The first kappa shape index (κ1) is 16.7. The van der Waals surface area contributed by atoms with Crippen molar-refractivity contribution in [2.24, 2.45) is 0 Å². The molecule has 1 rings (SSSR count). The normalized spacial score (nSPS) is 11.3. The number of benzene rings is 1.